The van der Waals surface area contributed by atoms with E-state index in [0.29, 0.717) is 37.6 Å². The molecule has 1 amide bonds. The monoisotopic (exact) mass is 293 g/mol. The number of carbonyl (C=O) groups excluding carboxylic acids is 1. The summed E-state index contributed by atoms with van der Waals surface area (Å²) in [6, 6.07) is 4.69. The Hall–Kier alpha value is -2.08. The minimum absolute atomic E-state index is 0.0849. The van der Waals surface area contributed by atoms with Gasteiger partial charge in [-0.3, -0.25) is 4.79 Å². The molecule has 1 saturated heterocycles. The van der Waals surface area contributed by atoms with Crippen molar-refractivity contribution in [2.45, 2.75) is 20.0 Å². The standard InChI is InChI=1S/C15H19NO5/c1-10-9-12(3-4-13(10)15(18)19)21-11(2)14(17)16-5-7-20-8-6-16/h3-4,9,11H,5-8H2,1-2H3,(H,18,19). The Labute approximate surface area is 123 Å². The predicted octanol–water partition coefficient (Wildman–Crippen LogP) is 1.32. The molecule has 0 bridgehead atoms. The molecular formula is C15H19NO5. The summed E-state index contributed by atoms with van der Waals surface area (Å²) in [5.74, 6) is -0.568. The molecule has 6 nitrogen and oxygen atoms in total. The summed E-state index contributed by atoms with van der Waals surface area (Å²) in [6.07, 6.45) is -0.613. The van der Waals surface area contributed by atoms with E-state index in [-0.39, 0.29) is 11.5 Å². The molecule has 0 radical (unpaired) electrons. The van der Waals surface area contributed by atoms with E-state index in [0.717, 1.165) is 0 Å². The summed E-state index contributed by atoms with van der Waals surface area (Å²) in [6.45, 7) is 5.63. The van der Waals surface area contributed by atoms with Gasteiger partial charge in [-0.15, -0.1) is 0 Å². The molecular weight excluding hydrogens is 274 g/mol. The molecule has 1 aliphatic heterocycles. The molecule has 1 aliphatic rings. The van der Waals surface area contributed by atoms with Crippen LogP contribution in [0.25, 0.3) is 0 Å². The number of nitrogens with zero attached hydrogens (tertiary/aromatic N) is 1. The number of carboxylic acid groups (broad SMARTS) is 1. The van der Waals surface area contributed by atoms with Gasteiger partial charge in [-0.25, -0.2) is 4.79 Å². The molecule has 1 fully saturated rings. The van der Waals surface area contributed by atoms with Gasteiger partial charge in [0.15, 0.2) is 6.10 Å². The third kappa shape index (κ3) is 3.72. The molecule has 1 heterocycles. The van der Waals surface area contributed by atoms with Gasteiger partial charge in [-0.2, -0.15) is 0 Å². The van der Waals surface area contributed by atoms with Crippen molar-refractivity contribution in [3.8, 4) is 5.75 Å². The quantitative estimate of drug-likeness (QED) is 0.906. The minimum Gasteiger partial charge on any atom is -0.481 e. The lowest BCUT2D eigenvalue weighted by Gasteiger charge is -2.29. The summed E-state index contributed by atoms with van der Waals surface area (Å²) in [5, 5.41) is 8.98. The number of carboxylic acids is 1. The Morgan fingerprint density at radius 3 is 2.57 bits per heavy atom. The normalized spacial score (nSPS) is 16.4. The lowest BCUT2D eigenvalue weighted by Crippen LogP contribution is -2.46. The van der Waals surface area contributed by atoms with Crippen molar-refractivity contribution in [2.24, 2.45) is 0 Å². The first kappa shape index (κ1) is 15.3. The van der Waals surface area contributed by atoms with Crippen LogP contribution in [-0.4, -0.2) is 54.3 Å². The van der Waals surface area contributed by atoms with Gasteiger partial charge in [0.1, 0.15) is 5.75 Å². The van der Waals surface area contributed by atoms with Crippen molar-refractivity contribution in [2.75, 3.05) is 26.3 Å². The van der Waals surface area contributed by atoms with E-state index in [1.165, 1.54) is 6.07 Å². The van der Waals surface area contributed by atoms with Crippen LogP contribution in [0.15, 0.2) is 18.2 Å². The molecule has 0 saturated carbocycles. The van der Waals surface area contributed by atoms with E-state index in [1.54, 1.807) is 30.9 Å². The number of aryl methyl sites for hydroxylation is 1. The predicted molar refractivity (Wildman–Crippen MR) is 75.6 cm³/mol. The van der Waals surface area contributed by atoms with Crippen molar-refractivity contribution < 1.29 is 24.2 Å². The topological polar surface area (TPSA) is 76.1 Å². The zero-order valence-electron chi connectivity index (χ0n) is 12.2. The zero-order valence-corrected chi connectivity index (χ0v) is 12.2. The maximum Gasteiger partial charge on any atom is 0.335 e. The van der Waals surface area contributed by atoms with E-state index < -0.39 is 12.1 Å². The van der Waals surface area contributed by atoms with Gasteiger partial charge in [-0.05, 0) is 37.6 Å². The Morgan fingerprint density at radius 1 is 1.33 bits per heavy atom. The molecule has 1 aromatic rings. The van der Waals surface area contributed by atoms with E-state index in [4.69, 9.17) is 14.6 Å². The fraction of sp³-hybridized carbons (Fsp3) is 0.467. The molecule has 0 spiro atoms. The first-order valence-electron chi connectivity index (χ1n) is 6.86. The van der Waals surface area contributed by atoms with Crippen molar-refractivity contribution >= 4 is 11.9 Å². The maximum atomic E-state index is 12.2. The molecule has 114 valence electrons. The SMILES string of the molecule is Cc1cc(OC(C)C(=O)N2CCOCC2)ccc1C(=O)O. The van der Waals surface area contributed by atoms with Crippen LogP contribution in [0.3, 0.4) is 0 Å². The largest absolute Gasteiger partial charge is 0.481 e. The highest BCUT2D eigenvalue weighted by atomic mass is 16.5. The second-order valence-electron chi connectivity index (χ2n) is 4.98. The maximum absolute atomic E-state index is 12.2. The van der Waals surface area contributed by atoms with Crippen LogP contribution < -0.4 is 4.74 Å². The molecule has 1 aromatic carbocycles. The minimum atomic E-state index is -0.975. The number of morpholine rings is 1. The number of ether oxygens (including phenoxy) is 2. The summed E-state index contributed by atoms with van der Waals surface area (Å²) < 4.78 is 10.8. The van der Waals surface area contributed by atoms with Crippen molar-refractivity contribution in [1.82, 2.24) is 4.90 Å². The number of carbonyl (C=O) groups is 2. The van der Waals surface area contributed by atoms with E-state index in [2.05, 4.69) is 0 Å². The Bertz CT molecular complexity index is 537. The lowest BCUT2D eigenvalue weighted by atomic mass is 10.1. The third-order valence-electron chi connectivity index (χ3n) is 3.41. The van der Waals surface area contributed by atoms with Gasteiger partial charge in [0.2, 0.25) is 0 Å². The Morgan fingerprint density at radius 2 is 2.00 bits per heavy atom. The van der Waals surface area contributed by atoms with Crippen LogP contribution in [0.1, 0.15) is 22.8 Å². The Balaban J connectivity index is 2.01. The van der Waals surface area contributed by atoms with Gasteiger partial charge in [0.25, 0.3) is 5.91 Å². The number of hydrogen-bond donors (Lipinski definition) is 1. The van der Waals surface area contributed by atoms with E-state index in [9.17, 15) is 9.59 Å². The van der Waals surface area contributed by atoms with Crippen molar-refractivity contribution in [3.63, 3.8) is 0 Å². The van der Waals surface area contributed by atoms with Crippen molar-refractivity contribution in [3.05, 3.63) is 29.3 Å². The van der Waals surface area contributed by atoms with E-state index in [1.807, 2.05) is 0 Å². The Kier molecular flexibility index (Phi) is 4.80. The molecule has 1 atom stereocenters. The second kappa shape index (κ2) is 6.58. The summed E-state index contributed by atoms with van der Waals surface area (Å²) >= 11 is 0. The van der Waals surface area contributed by atoms with Crippen LogP contribution in [0.4, 0.5) is 0 Å². The molecule has 6 heteroatoms. The van der Waals surface area contributed by atoms with Gasteiger partial charge < -0.3 is 19.5 Å². The van der Waals surface area contributed by atoms with Crippen LogP contribution in [0.5, 0.6) is 5.75 Å². The third-order valence-corrected chi connectivity index (χ3v) is 3.41. The lowest BCUT2D eigenvalue weighted by molar-refractivity contribution is -0.142. The summed E-state index contributed by atoms with van der Waals surface area (Å²) in [7, 11) is 0. The average Bonchev–Trinajstić information content (AvgIpc) is 2.47. The van der Waals surface area contributed by atoms with E-state index >= 15 is 0 Å². The summed E-state index contributed by atoms with van der Waals surface area (Å²) in [5.41, 5.74) is 0.834. The molecule has 1 unspecified atom stereocenters. The molecule has 0 aliphatic carbocycles. The second-order valence-corrected chi connectivity index (χ2v) is 4.98. The van der Waals surface area contributed by atoms with Gasteiger partial charge in [-0.1, -0.05) is 0 Å². The average molecular weight is 293 g/mol. The van der Waals surface area contributed by atoms with Gasteiger partial charge in [0.05, 0.1) is 18.8 Å². The number of amides is 1. The highest BCUT2D eigenvalue weighted by Crippen LogP contribution is 2.19. The van der Waals surface area contributed by atoms with Crippen LogP contribution in [0.2, 0.25) is 0 Å². The highest BCUT2D eigenvalue weighted by Gasteiger charge is 2.24. The molecule has 1 N–H and O–H groups in total. The van der Waals surface area contributed by atoms with Crippen LogP contribution >= 0.6 is 0 Å². The van der Waals surface area contributed by atoms with Gasteiger partial charge in [0, 0.05) is 13.1 Å². The number of hydrogen-bond acceptors (Lipinski definition) is 4. The summed E-state index contributed by atoms with van der Waals surface area (Å²) in [4.78, 5) is 24.9. The zero-order chi connectivity index (χ0) is 15.4. The van der Waals surface area contributed by atoms with Crippen LogP contribution in [-0.2, 0) is 9.53 Å². The van der Waals surface area contributed by atoms with Gasteiger partial charge >= 0.3 is 5.97 Å². The molecule has 2 rings (SSSR count). The van der Waals surface area contributed by atoms with Crippen LogP contribution in [0, 0.1) is 6.92 Å². The van der Waals surface area contributed by atoms with Crippen molar-refractivity contribution in [1.29, 1.82) is 0 Å². The first-order valence-corrected chi connectivity index (χ1v) is 6.86. The molecule has 0 aromatic heterocycles. The first-order chi connectivity index (χ1) is 9.99. The number of aromatic carboxylic acids is 1. The molecule has 21 heavy (non-hydrogen) atoms. The highest BCUT2D eigenvalue weighted by molar-refractivity contribution is 5.89. The fourth-order valence-corrected chi connectivity index (χ4v) is 2.24. The number of benzene rings is 1. The number of rotatable bonds is 4. The fourth-order valence-electron chi connectivity index (χ4n) is 2.24. The smallest absolute Gasteiger partial charge is 0.335 e.